The van der Waals surface area contributed by atoms with Crippen molar-refractivity contribution in [3.8, 4) is 0 Å². The van der Waals surface area contributed by atoms with E-state index in [9.17, 15) is 4.79 Å². The van der Waals surface area contributed by atoms with E-state index >= 15 is 0 Å². The molecule has 0 saturated heterocycles. The third kappa shape index (κ3) is 3.05. The van der Waals surface area contributed by atoms with Crippen LogP contribution in [-0.2, 0) is 6.54 Å². The van der Waals surface area contributed by atoms with Crippen molar-refractivity contribution >= 4 is 49.7 Å². The topological polar surface area (TPSA) is 62.2 Å². The molecule has 0 aromatic carbocycles. The number of aryl methyl sites for hydroxylation is 1. The summed E-state index contributed by atoms with van der Waals surface area (Å²) in [5, 5.41) is 14.7. The molecular weight excluding hydrogens is 324 g/mol. The summed E-state index contributed by atoms with van der Waals surface area (Å²) in [7, 11) is 0. The Morgan fingerprint density at radius 1 is 1.65 bits per heavy atom. The molecule has 0 radical (unpaired) electrons. The molecule has 0 spiro atoms. The van der Waals surface area contributed by atoms with Gasteiger partial charge < -0.3 is 10.4 Å². The summed E-state index contributed by atoms with van der Waals surface area (Å²) in [4.78, 5) is 16.7. The first kappa shape index (κ1) is 12.5. The second-order valence-electron chi connectivity index (χ2n) is 3.31. The minimum Gasteiger partial charge on any atom is -0.476 e. The minimum absolute atomic E-state index is 0.130. The number of nitrogens with one attached hydrogen (secondary N) is 1. The van der Waals surface area contributed by atoms with Crippen LogP contribution < -0.4 is 5.32 Å². The zero-order valence-corrected chi connectivity index (χ0v) is 12.1. The Bertz CT molecular complexity index is 550. The molecule has 0 aliphatic rings. The molecule has 4 nitrogen and oxygen atoms in total. The Hall–Kier alpha value is -0.920. The van der Waals surface area contributed by atoms with Crippen molar-refractivity contribution in [2.75, 3.05) is 5.32 Å². The van der Waals surface area contributed by atoms with Crippen molar-refractivity contribution in [1.82, 2.24) is 4.98 Å². The highest BCUT2D eigenvalue weighted by atomic mass is 79.9. The van der Waals surface area contributed by atoms with Gasteiger partial charge in [-0.25, -0.2) is 9.78 Å². The Balaban J connectivity index is 2.04. The number of carbonyl (C=O) groups is 1. The van der Waals surface area contributed by atoms with E-state index in [2.05, 4.69) is 26.2 Å². The molecule has 2 rings (SSSR count). The van der Waals surface area contributed by atoms with E-state index in [0.29, 0.717) is 16.6 Å². The van der Waals surface area contributed by atoms with E-state index in [1.165, 1.54) is 16.2 Å². The van der Waals surface area contributed by atoms with E-state index in [1.807, 2.05) is 11.4 Å². The maximum absolute atomic E-state index is 10.8. The molecule has 0 amide bonds. The molecule has 0 unspecified atom stereocenters. The van der Waals surface area contributed by atoms with E-state index in [-0.39, 0.29) is 5.69 Å². The van der Waals surface area contributed by atoms with Crippen molar-refractivity contribution in [2.24, 2.45) is 0 Å². The summed E-state index contributed by atoms with van der Waals surface area (Å²) >= 11 is 6.38. The molecule has 7 heteroatoms. The molecule has 2 N–H and O–H groups in total. The lowest BCUT2D eigenvalue weighted by atomic mass is 10.4. The molecule has 2 aromatic heterocycles. The maximum atomic E-state index is 10.8. The average molecular weight is 333 g/mol. The molecule has 0 bridgehead atoms. The van der Waals surface area contributed by atoms with Gasteiger partial charge in [-0.1, -0.05) is 0 Å². The van der Waals surface area contributed by atoms with Crippen LogP contribution in [0.1, 0.15) is 20.2 Å². The number of nitrogens with zero attached hydrogens (tertiary/aromatic N) is 1. The van der Waals surface area contributed by atoms with E-state index in [0.717, 1.165) is 4.47 Å². The summed E-state index contributed by atoms with van der Waals surface area (Å²) in [6.07, 6.45) is 0. The normalized spacial score (nSPS) is 10.5. The first-order valence-electron chi connectivity index (χ1n) is 4.74. The Morgan fingerprint density at radius 3 is 2.94 bits per heavy atom. The fourth-order valence-corrected chi connectivity index (χ4v) is 3.47. The van der Waals surface area contributed by atoms with Gasteiger partial charge in [0.1, 0.15) is 0 Å². The fourth-order valence-electron chi connectivity index (χ4n) is 1.28. The van der Waals surface area contributed by atoms with Gasteiger partial charge in [0.05, 0.1) is 6.54 Å². The minimum atomic E-state index is -0.981. The second kappa shape index (κ2) is 5.16. The van der Waals surface area contributed by atoms with Gasteiger partial charge in [-0.3, -0.25) is 0 Å². The third-order valence-corrected chi connectivity index (χ3v) is 4.66. The summed E-state index contributed by atoms with van der Waals surface area (Å²) in [6.45, 7) is 2.41. The van der Waals surface area contributed by atoms with Crippen LogP contribution in [-0.4, -0.2) is 16.1 Å². The van der Waals surface area contributed by atoms with Gasteiger partial charge in [0.15, 0.2) is 10.8 Å². The number of halogens is 1. The van der Waals surface area contributed by atoms with Gasteiger partial charge in [0.2, 0.25) is 0 Å². The Kier molecular flexibility index (Phi) is 3.80. The summed E-state index contributed by atoms with van der Waals surface area (Å²) in [5.41, 5.74) is 0.130. The lowest BCUT2D eigenvalue weighted by molar-refractivity contribution is 0.0690. The molecule has 2 heterocycles. The number of aromatic nitrogens is 1. The Morgan fingerprint density at radius 2 is 2.41 bits per heavy atom. The molecule has 17 heavy (non-hydrogen) atoms. The molecule has 0 fully saturated rings. The van der Waals surface area contributed by atoms with Crippen molar-refractivity contribution < 1.29 is 9.90 Å². The smallest absolute Gasteiger partial charge is 0.355 e. The number of thiophene rings is 1. The highest BCUT2D eigenvalue weighted by molar-refractivity contribution is 9.10. The maximum Gasteiger partial charge on any atom is 0.355 e. The van der Waals surface area contributed by atoms with Gasteiger partial charge in [0, 0.05) is 19.6 Å². The Labute approximate surface area is 114 Å². The molecule has 0 aliphatic heterocycles. The van der Waals surface area contributed by atoms with Crippen LogP contribution >= 0.6 is 38.6 Å². The zero-order valence-electron chi connectivity index (χ0n) is 8.86. The molecule has 0 atom stereocenters. The van der Waals surface area contributed by atoms with Crippen LogP contribution in [0.5, 0.6) is 0 Å². The van der Waals surface area contributed by atoms with Crippen molar-refractivity contribution in [3.63, 3.8) is 0 Å². The van der Waals surface area contributed by atoms with Crippen LogP contribution in [0, 0.1) is 6.92 Å². The fraction of sp³-hybridized carbons (Fsp3) is 0.200. The summed E-state index contributed by atoms with van der Waals surface area (Å²) < 4.78 is 1.06. The molecule has 0 saturated carbocycles. The predicted octanol–water partition coefficient (Wildman–Crippen LogP) is 3.59. The number of thiazole rings is 1. The van der Waals surface area contributed by atoms with E-state index in [4.69, 9.17) is 5.11 Å². The average Bonchev–Trinajstić information content (AvgIpc) is 2.82. The first-order valence-corrected chi connectivity index (χ1v) is 7.22. The first-order chi connectivity index (χ1) is 8.06. The van der Waals surface area contributed by atoms with Gasteiger partial charge in [0.25, 0.3) is 0 Å². The summed E-state index contributed by atoms with van der Waals surface area (Å²) in [6, 6.07) is 2.02. The van der Waals surface area contributed by atoms with Crippen molar-refractivity contribution in [1.29, 1.82) is 0 Å². The van der Waals surface area contributed by atoms with Gasteiger partial charge in [-0.2, -0.15) is 0 Å². The molecular formula is C10H9BrN2O2S2. The quantitative estimate of drug-likeness (QED) is 0.898. The van der Waals surface area contributed by atoms with Crippen molar-refractivity contribution in [3.05, 3.63) is 31.4 Å². The number of anilines is 1. The van der Waals surface area contributed by atoms with E-state index < -0.39 is 5.97 Å². The monoisotopic (exact) mass is 332 g/mol. The lowest BCUT2D eigenvalue weighted by Gasteiger charge is -1.98. The van der Waals surface area contributed by atoms with Crippen LogP contribution in [0.2, 0.25) is 0 Å². The number of hydrogen-bond acceptors (Lipinski definition) is 5. The number of aromatic carboxylic acids is 1. The van der Waals surface area contributed by atoms with Crippen molar-refractivity contribution in [2.45, 2.75) is 13.5 Å². The molecule has 0 aliphatic carbocycles. The van der Waals surface area contributed by atoms with Crippen LogP contribution in [0.4, 0.5) is 5.13 Å². The van der Waals surface area contributed by atoms with Crippen LogP contribution in [0.3, 0.4) is 0 Å². The lowest BCUT2D eigenvalue weighted by Crippen LogP contribution is -2.00. The van der Waals surface area contributed by atoms with Gasteiger partial charge in [-0.05, 0) is 28.9 Å². The van der Waals surface area contributed by atoms with Gasteiger partial charge in [-0.15, -0.1) is 22.7 Å². The highest BCUT2D eigenvalue weighted by Crippen LogP contribution is 2.24. The molecule has 2 aromatic rings. The number of hydrogen-bond donors (Lipinski definition) is 2. The SMILES string of the molecule is Cc1sc(NCc2cc(Br)cs2)nc1C(=O)O. The number of carboxylic acids is 1. The third-order valence-electron chi connectivity index (χ3n) is 2.03. The highest BCUT2D eigenvalue weighted by Gasteiger charge is 2.13. The second-order valence-corrected chi connectivity index (χ2v) is 6.43. The number of rotatable bonds is 4. The van der Waals surface area contributed by atoms with Gasteiger partial charge >= 0.3 is 5.97 Å². The standard InChI is InChI=1S/C10H9BrN2O2S2/c1-5-8(9(14)15)13-10(17-5)12-3-7-2-6(11)4-16-7/h2,4H,3H2,1H3,(H,12,13)(H,14,15). The predicted molar refractivity (Wildman–Crippen MR) is 73.2 cm³/mol. The largest absolute Gasteiger partial charge is 0.476 e. The zero-order chi connectivity index (χ0) is 12.4. The molecule has 90 valence electrons. The van der Waals surface area contributed by atoms with Crippen LogP contribution in [0.25, 0.3) is 0 Å². The summed E-state index contributed by atoms with van der Waals surface area (Å²) in [5.74, 6) is -0.981. The van der Waals surface area contributed by atoms with E-state index in [1.54, 1.807) is 18.3 Å². The van der Waals surface area contributed by atoms with Crippen LogP contribution in [0.15, 0.2) is 15.9 Å². The number of carboxylic acid groups (broad SMARTS) is 1.